The molecule has 11 nitrogen and oxygen atoms in total. The third-order valence-corrected chi connectivity index (χ3v) is 9.77. The van der Waals surface area contributed by atoms with Gasteiger partial charge in [-0.1, -0.05) is 29.3 Å². The topological polar surface area (TPSA) is 165 Å². The fourth-order valence-corrected chi connectivity index (χ4v) is 6.14. The van der Waals surface area contributed by atoms with Crippen LogP contribution in [0.4, 0.5) is 39.5 Å². The molecule has 5 N–H and O–H groups in total. The standard InChI is InChI=1S/C25H36Cl2N4O.3C2HF3O2/c26-22-4-3-19(13-23(22)27)25(8-5-24(32)31(17-25)14-18-1-2-18)9-12-29-15-21(16-29)30-10-6-20(28)7-11-30;3*3-2(4,5)1(6)7/h3-4,13,18,20-21H,1-2,5-12,14-17,28H2;3*(H,6,7)/t25-;;;/m1.../s1. The molecular weight excluding hydrogens is 782 g/mol. The van der Waals surface area contributed by atoms with Crippen molar-refractivity contribution in [3.05, 3.63) is 33.8 Å². The zero-order valence-electron chi connectivity index (χ0n) is 27.9. The highest BCUT2D eigenvalue weighted by Crippen LogP contribution is 2.42. The lowest BCUT2D eigenvalue weighted by Crippen LogP contribution is -2.62. The first-order chi connectivity index (χ1) is 24.2. The minimum absolute atomic E-state index is 0.0417. The summed E-state index contributed by atoms with van der Waals surface area (Å²) < 4.78 is 95.2. The summed E-state index contributed by atoms with van der Waals surface area (Å²) in [5, 5.41) is 22.6. The summed E-state index contributed by atoms with van der Waals surface area (Å²) in [4.78, 5) is 46.7. The predicted molar refractivity (Wildman–Crippen MR) is 171 cm³/mol. The lowest BCUT2D eigenvalue weighted by atomic mass is 9.71. The van der Waals surface area contributed by atoms with E-state index >= 15 is 0 Å². The molecule has 5 rings (SSSR count). The average molecular weight is 822 g/mol. The summed E-state index contributed by atoms with van der Waals surface area (Å²) in [7, 11) is 0. The van der Waals surface area contributed by atoms with Crippen LogP contribution in [0.2, 0.25) is 10.0 Å². The van der Waals surface area contributed by atoms with Gasteiger partial charge < -0.3 is 30.9 Å². The van der Waals surface area contributed by atoms with Crippen LogP contribution in [-0.4, -0.2) is 130 Å². The van der Waals surface area contributed by atoms with Gasteiger partial charge in [0.25, 0.3) is 0 Å². The van der Waals surface area contributed by atoms with E-state index in [-0.39, 0.29) is 5.41 Å². The first kappa shape index (κ1) is 46.1. The van der Waals surface area contributed by atoms with Crippen LogP contribution in [-0.2, 0) is 24.6 Å². The zero-order chi connectivity index (χ0) is 40.5. The Morgan fingerprint density at radius 3 is 1.70 bits per heavy atom. The molecule has 4 aliphatic rings. The van der Waals surface area contributed by atoms with Gasteiger partial charge in [-0.25, -0.2) is 14.4 Å². The molecule has 3 heterocycles. The van der Waals surface area contributed by atoms with Gasteiger partial charge in [-0.05, 0) is 68.7 Å². The minimum atomic E-state index is -5.08. The van der Waals surface area contributed by atoms with E-state index in [1.807, 2.05) is 12.1 Å². The Morgan fingerprint density at radius 2 is 1.28 bits per heavy atom. The number of halogens is 11. The SMILES string of the molecule is NC1CCN(C2CN(CC[C@]3(c4ccc(Cl)c(Cl)c4)CCC(=O)N(CC4CC4)C3)C2)CC1.O=C(O)C(F)(F)F.O=C(O)C(F)(F)F.O=C(O)C(F)(F)F. The maximum Gasteiger partial charge on any atom is 0.490 e. The number of likely N-dealkylation sites (tertiary alicyclic amines) is 3. The van der Waals surface area contributed by atoms with Gasteiger partial charge in [-0.3, -0.25) is 9.69 Å². The number of rotatable bonds is 7. The second kappa shape index (κ2) is 19.0. The molecule has 1 amide bonds. The van der Waals surface area contributed by atoms with Crippen molar-refractivity contribution in [1.29, 1.82) is 0 Å². The molecule has 1 atom stereocenters. The summed E-state index contributed by atoms with van der Waals surface area (Å²) in [5.74, 6) is -7.25. The fourth-order valence-electron chi connectivity index (χ4n) is 5.84. The second-order valence-electron chi connectivity index (χ2n) is 13.1. The molecule has 4 fully saturated rings. The number of benzene rings is 1. The summed E-state index contributed by atoms with van der Waals surface area (Å²) in [6.07, 6.45) is -7.89. The molecule has 0 unspecified atom stereocenters. The zero-order valence-corrected chi connectivity index (χ0v) is 29.4. The number of carbonyl (C=O) groups excluding carboxylic acids is 1. The van der Waals surface area contributed by atoms with Crippen molar-refractivity contribution < 1.29 is 74.0 Å². The van der Waals surface area contributed by atoms with Crippen LogP contribution < -0.4 is 5.73 Å². The average Bonchev–Trinajstić information content (AvgIpc) is 3.84. The molecule has 3 aliphatic heterocycles. The van der Waals surface area contributed by atoms with E-state index < -0.39 is 36.4 Å². The molecule has 302 valence electrons. The molecule has 0 aromatic heterocycles. The summed E-state index contributed by atoms with van der Waals surface area (Å²) >= 11 is 12.7. The van der Waals surface area contributed by atoms with Gasteiger partial charge in [0.15, 0.2) is 0 Å². The number of carbonyl (C=O) groups is 4. The van der Waals surface area contributed by atoms with Crippen LogP contribution in [0.5, 0.6) is 0 Å². The largest absolute Gasteiger partial charge is 0.490 e. The van der Waals surface area contributed by atoms with Crippen LogP contribution in [0, 0.1) is 5.92 Å². The van der Waals surface area contributed by atoms with E-state index in [4.69, 9.17) is 58.6 Å². The van der Waals surface area contributed by atoms with Gasteiger partial charge in [-0.2, -0.15) is 39.5 Å². The maximum absolute atomic E-state index is 12.7. The maximum atomic E-state index is 12.7. The van der Waals surface area contributed by atoms with Crippen molar-refractivity contribution in [2.24, 2.45) is 11.7 Å². The van der Waals surface area contributed by atoms with Crippen molar-refractivity contribution >= 4 is 47.0 Å². The molecule has 0 spiro atoms. The van der Waals surface area contributed by atoms with Gasteiger partial charge in [0.2, 0.25) is 5.91 Å². The molecule has 0 bridgehead atoms. The minimum Gasteiger partial charge on any atom is -0.475 e. The summed E-state index contributed by atoms with van der Waals surface area (Å²) in [6.45, 7) is 7.38. The van der Waals surface area contributed by atoms with Gasteiger partial charge >= 0.3 is 36.4 Å². The number of nitrogens with two attached hydrogens (primary N) is 1. The number of nitrogens with zero attached hydrogens (tertiary/aromatic N) is 3. The number of hydrogen-bond donors (Lipinski definition) is 4. The highest BCUT2D eigenvalue weighted by molar-refractivity contribution is 6.42. The van der Waals surface area contributed by atoms with Crippen LogP contribution in [0.1, 0.15) is 50.5 Å². The number of amides is 1. The van der Waals surface area contributed by atoms with E-state index in [9.17, 15) is 44.3 Å². The number of piperidine rings is 2. The molecule has 1 aliphatic carbocycles. The quantitative estimate of drug-likeness (QED) is 0.253. The first-order valence-electron chi connectivity index (χ1n) is 16.1. The highest BCUT2D eigenvalue weighted by atomic mass is 35.5. The van der Waals surface area contributed by atoms with Crippen molar-refractivity contribution in [2.75, 3.05) is 45.8 Å². The van der Waals surface area contributed by atoms with Crippen LogP contribution >= 0.6 is 23.2 Å². The van der Waals surface area contributed by atoms with E-state index in [1.165, 1.54) is 18.4 Å². The Kier molecular flexibility index (Phi) is 16.5. The Balaban J connectivity index is 0.000000379. The molecule has 1 saturated carbocycles. The van der Waals surface area contributed by atoms with E-state index in [0.29, 0.717) is 40.4 Å². The molecular formula is C31H39Cl2F9N4O7. The molecule has 53 heavy (non-hydrogen) atoms. The number of carboxylic acid groups (broad SMARTS) is 3. The van der Waals surface area contributed by atoms with Gasteiger partial charge in [-0.15, -0.1) is 0 Å². The summed E-state index contributed by atoms with van der Waals surface area (Å²) in [5.41, 5.74) is 7.27. The normalized spacial score (nSPS) is 21.9. The number of alkyl halides is 9. The monoisotopic (exact) mass is 820 g/mol. The highest BCUT2D eigenvalue weighted by Gasteiger charge is 2.43. The summed E-state index contributed by atoms with van der Waals surface area (Å²) in [6, 6.07) is 7.17. The molecule has 1 aromatic rings. The number of aliphatic carboxylic acids is 3. The molecule has 22 heteroatoms. The van der Waals surface area contributed by atoms with Gasteiger partial charge in [0.1, 0.15) is 0 Å². The molecule has 1 aromatic carbocycles. The smallest absolute Gasteiger partial charge is 0.475 e. The number of carboxylic acids is 3. The number of hydrogen-bond acceptors (Lipinski definition) is 7. The third kappa shape index (κ3) is 15.3. The molecule has 0 radical (unpaired) electrons. The third-order valence-electron chi connectivity index (χ3n) is 9.03. The van der Waals surface area contributed by atoms with E-state index in [1.54, 1.807) is 0 Å². The molecule has 3 saturated heterocycles. The van der Waals surface area contributed by atoms with E-state index in [2.05, 4.69) is 20.8 Å². The fraction of sp³-hybridized carbons (Fsp3) is 0.677. The van der Waals surface area contributed by atoms with Crippen molar-refractivity contribution in [3.63, 3.8) is 0 Å². The first-order valence-corrected chi connectivity index (χ1v) is 16.9. The van der Waals surface area contributed by atoms with Crippen molar-refractivity contribution in [1.82, 2.24) is 14.7 Å². The Morgan fingerprint density at radius 1 is 0.811 bits per heavy atom. The Hall–Kier alpha value is -3.07. The van der Waals surface area contributed by atoms with Crippen LogP contribution in [0.25, 0.3) is 0 Å². The Bertz CT molecular complexity index is 1360. The second-order valence-corrected chi connectivity index (χ2v) is 13.9. The lowest BCUT2D eigenvalue weighted by Gasteiger charge is -2.49. The van der Waals surface area contributed by atoms with Gasteiger partial charge in [0.05, 0.1) is 10.0 Å². The van der Waals surface area contributed by atoms with Crippen LogP contribution in [0.3, 0.4) is 0 Å². The lowest BCUT2D eigenvalue weighted by molar-refractivity contribution is -0.193. The van der Waals surface area contributed by atoms with Crippen molar-refractivity contribution in [2.45, 2.75) is 81.0 Å². The van der Waals surface area contributed by atoms with Crippen molar-refractivity contribution in [3.8, 4) is 0 Å². The van der Waals surface area contributed by atoms with Gasteiger partial charge in [0, 0.05) is 63.2 Å². The Labute approximate surface area is 307 Å². The van der Waals surface area contributed by atoms with E-state index in [0.717, 1.165) is 71.5 Å². The van der Waals surface area contributed by atoms with Crippen LogP contribution in [0.15, 0.2) is 18.2 Å². The predicted octanol–water partition coefficient (Wildman–Crippen LogP) is 5.66.